The molecule has 0 radical (unpaired) electrons. The Morgan fingerprint density at radius 1 is 1.10 bits per heavy atom. The fraction of sp³-hybridized carbons (Fsp3) is 0.360. The molecule has 30 heavy (non-hydrogen) atoms. The van der Waals surface area contributed by atoms with Gasteiger partial charge in [-0.15, -0.1) is 0 Å². The van der Waals surface area contributed by atoms with Gasteiger partial charge in [0.15, 0.2) is 0 Å². The summed E-state index contributed by atoms with van der Waals surface area (Å²) in [6.07, 6.45) is 4.45. The molecule has 0 saturated carbocycles. The van der Waals surface area contributed by atoms with E-state index in [1.54, 1.807) is 0 Å². The van der Waals surface area contributed by atoms with Crippen LogP contribution in [0.2, 0.25) is 0 Å². The maximum atomic E-state index is 12.6. The summed E-state index contributed by atoms with van der Waals surface area (Å²) in [5.74, 6) is 0.498. The average molecular weight is 403 g/mol. The molecule has 5 nitrogen and oxygen atoms in total. The topological polar surface area (TPSA) is 50.2 Å². The van der Waals surface area contributed by atoms with E-state index in [1.165, 1.54) is 12.0 Å². The highest BCUT2D eigenvalue weighted by molar-refractivity contribution is 5.94. The van der Waals surface area contributed by atoms with Crippen molar-refractivity contribution in [3.63, 3.8) is 0 Å². The van der Waals surface area contributed by atoms with E-state index in [0.29, 0.717) is 11.5 Å². The minimum Gasteiger partial charge on any atom is -0.352 e. The third-order valence-corrected chi connectivity index (χ3v) is 5.92. The zero-order chi connectivity index (χ0) is 20.9. The number of carbonyl (C=O) groups is 1. The number of hydrogen-bond donors (Lipinski definition) is 1. The van der Waals surface area contributed by atoms with Crippen LogP contribution in [0.1, 0.15) is 34.5 Å². The number of carbonyl (C=O) groups excluding carboxylic acids is 1. The maximum Gasteiger partial charge on any atom is 0.251 e. The van der Waals surface area contributed by atoms with Crippen LogP contribution in [-0.2, 0) is 13.6 Å². The molecule has 0 bridgehead atoms. The predicted octanol–water partition coefficient (Wildman–Crippen LogP) is 4.04. The normalized spacial score (nSPS) is 17.1. The molecule has 3 aromatic rings. The molecular weight excluding hydrogens is 372 g/mol. The van der Waals surface area contributed by atoms with Crippen LogP contribution in [-0.4, -0.2) is 40.2 Å². The average Bonchev–Trinajstić information content (AvgIpc) is 3.09. The van der Waals surface area contributed by atoms with Crippen molar-refractivity contribution in [2.24, 2.45) is 13.0 Å². The Kier molecular flexibility index (Phi) is 6.29. The number of benzene rings is 2. The zero-order valence-electron chi connectivity index (χ0n) is 17.8. The van der Waals surface area contributed by atoms with Crippen LogP contribution in [0.15, 0.2) is 60.8 Å². The van der Waals surface area contributed by atoms with Gasteiger partial charge in [-0.3, -0.25) is 14.4 Å². The predicted molar refractivity (Wildman–Crippen MR) is 120 cm³/mol. The van der Waals surface area contributed by atoms with E-state index < -0.39 is 0 Å². The fourth-order valence-electron chi connectivity index (χ4n) is 4.29. The van der Waals surface area contributed by atoms with Crippen LogP contribution < -0.4 is 5.32 Å². The Bertz CT molecular complexity index is 978. The lowest BCUT2D eigenvalue weighted by molar-refractivity contribution is 0.0930. The maximum absolute atomic E-state index is 12.6. The molecule has 2 heterocycles. The van der Waals surface area contributed by atoms with Gasteiger partial charge in [0, 0.05) is 44.0 Å². The summed E-state index contributed by atoms with van der Waals surface area (Å²) < 4.78 is 1.88. The molecular formula is C25H30N4O. The molecule has 4 rings (SSSR count). The van der Waals surface area contributed by atoms with Gasteiger partial charge in [-0.25, -0.2) is 0 Å². The first-order valence-electron chi connectivity index (χ1n) is 10.7. The van der Waals surface area contributed by atoms with Gasteiger partial charge < -0.3 is 5.32 Å². The number of amides is 1. The van der Waals surface area contributed by atoms with Crippen LogP contribution in [0, 0.1) is 12.8 Å². The number of nitrogens with zero attached hydrogens (tertiary/aromatic N) is 3. The molecule has 1 fully saturated rings. The summed E-state index contributed by atoms with van der Waals surface area (Å²) in [5.41, 5.74) is 5.40. The zero-order valence-corrected chi connectivity index (χ0v) is 17.8. The highest BCUT2D eigenvalue weighted by atomic mass is 16.1. The minimum atomic E-state index is 0.00911. The fourth-order valence-corrected chi connectivity index (χ4v) is 4.29. The molecule has 1 saturated heterocycles. The molecule has 1 atom stereocenters. The number of nitrogens with one attached hydrogen (secondary N) is 1. The van der Waals surface area contributed by atoms with Crippen molar-refractivity contribution in [1.82, 2.24) is 20.0 Å². The molecule has 5 heteroatoms. The SMILES string of the molecule is Cc1nn(C)cc1CN1CCC[C@H](CNC(=O)c2ccc(-c3ccccc3)cc2)C1. The van der Waals surface area contributed by atoms with Crippen molar-refractivity contribution in [1.29, 1.82) is 0 Å². The lowest BCUT2D eigenvalue weighted by Crippen LogP contribution is -2.40. The molecule has 0 unspecified atom stereocenters. The van der Waals surface area contributed by atoms with E-state index in [0.717, 1.165) is 49.4 Å². The Morgan fingerprint density at radius 2 is 1.83 bits per heavy atom. The third-order valence-electron chi connectivity index (χ3n) is 5.92. The van der Waals surface area contributed by atoms with Crippen LogP contribution in [0.5, 0.6) is 0 Å². The number of aromatic nitrogens is 2. The molecule has 0 spiro atoms. The second-order valence-corrected chi connectivity index (χ2v) is 8.31. The van der Waals surface area contributed by atoms with E-state index in [1.807, 2.05) is 54.2 Å². The number of aryl methyl sites for hydroxylation is 2. The highest BCUT2D eigenvalue weighted by Gasteiger charge is 2.21. The molecule has 1 amide bonds. The number of rotatable bonds is 6. The van der Waals surface area contributed by atoms with Crippen molar-refractivity contribution in [2.45, 2.75) is 26.3 Å². The quantitative estimate of drug-likeness (QED) is 0.677. The van der Waals surface area contributed by atoms with Gasteiger partial charge in [-0.1, -0.05) is 42.5 Å². The molecule has 0 aliphatic carbocycles. The summed E-state index contributed by atoms with van der Waals surface area (Å²) in [6, 6.07) is 18.1. The summed E-state index contributed by atoms with van der Waals surface area (Å²) in [7, 11) is 1.97. The summed E-state index contributed by atoms with van der Waals surface area (Å²) in [5, 5.41) is 7.59. The van der Waals surface area contributed by atoms with Gasteiger partial charge in [0.1, 0.15) is 0 Å². The second kappa shape index (κ2) is 9.26. The van der Waals surface area contributed by atoms with Gasteiger partial charge in [0.25, 0.3) is 5.91 Å². The molecule has 1 aromatic heterocycles. The molecule has 156 valence electrons. The smallest absolute Gasteiger partial charge is 0.251 e. The largest absolute Gasteiger partial charge is 0.352 e. The number of likely N-dealkylation sites (tertiary alicyclic amines) is 1. The Hall–Kier alpha value is -2.92. The first-order chi connectivity index (χ1) is 14.6. The first kappa shape index (κ1) is 20.4. The summed E-state index contributed by atoms with van der Waals surface area (Å²) in [6.45, 7) is 5.86. The Balaban J connectivity index is 1.29. The van der Waals surface area contributed by atoms with E-state index >= 15 is 0 Å². The number of piperidine rings is 1. The second-order valence-electron chi connectivity index (χ2n) is 8.31. The Morgan fingerprint density at radius 3 is 2.53 bits per heavy atom. The minimum absolute atomic E-state index is 0.00911. The van der Waals surface area contributed by atoms with Gasteiger partial charge in [0.2, 0.25) is 0 Å². The third kappa shape index (κ3) is 4.97. The molecule has 2 aromatic carbocycles. The van der Waals surface area contributed by atoms with Crippen LogP contribution in [0.25, 0.3) is 11.1 Å². The van der Waals surface area contributed by atoms with Gasteiger partial charge in [-0.05, 0) is 55.5 Å². The van der Waals surface area contributed by atoms with Crippen molar-refractivity contribution < 1.29 is 4.79 Å². The van der Waals surface area contributed by atoms with E-state index in [-0.39, 0.29) is 5.91 Å². The van der Waals surface area contributed by atoms with Crippen molar-refractivity contribution in [3.05, 3.63) is 77.6 Å². The number of hydrogen-bond acceptors (Lipinski definition) is 3. The van der Waals surface area contributed by atoms with Crippen LogP contribution in [0.4, 0.5) is 0 Å². The van der Waals surface area contributed by atoms with E-state index in [4.69, 9.17) is 0 Å². The molecule has 1 N–H and O–H groups in total. The standard InChI is InChI=1S/C25H30N4O/c1-19-24(17-28(2)27-19)18-29-14-6-7-20(16-29)15-26-25(30)23-12-10-22(11-13-23)21-8-4-3-5-9-21/h3-5,8-13,17,20H,6-7,14-16,18H2,1-2H3,(H,26,30)/t20-/m1/s1. The van der Waals surface area contributed by atoms with Crippen LogP contribution >= 0.6 is 0 Å². The van der Waals surface area contributed by atoms with Crippen molar-refractivity contribution in [3.8, 4) is 11.1 Å². The molecule has 1 aliphatic heterocycles. The lowest BCUT2D eigenvalue weighted by atomic mass is 9.97. The van der Waals surface area contributed by atoms with Gasteiger partial charge in [0.05, 0.1) is 5.69 Å². The first-order valence-corrected chi connectivity index (χ1v) is 10.7. The summed E-state index contributed by atoms with van der Waals surface area (Å²) in [4.78, 5) is 15.1. The monoisotopic (exact) mass is 402 g/mol. The summed E-state index contributed by atoms with van der Waals surface area (Å²) >= 11 is 0. The van der Waals surface area contributed by atoms with Gasteiger partial charge in [-0.2, -0.15) is 5.10 Å². The van der Waals surface area contributed by atoms with E-state index in [9.17, 15) is 4.79 Å². The highest BCUT2D eigenvalue weighted by Crippen LogP contribution is 2.21. The van der Waals surface area contributed by atoms with Crippen LogP contribution in [0.3, 0.4) is 0 Å². The lowest BCUT2D eigenvalue weighted by Gasteiger charge is -2.32. The van der Waals surface area contributed by atoms with Crippen molar-refractivity contribution in [2.75, 3.05) is 19.6 Å². The van der Waals surface area contributed by atoms with Gasteiger partial charge >= 0.3 is 0 Å². The van der Waals surface area contributed by atoms with Crippen molar-refractivity contribution >= 4 is 5.91 Å². The Labute approximate surface area is 178 Å². The van der Waals surface area contributed by atoms with E-state index in [2.05, 4.69) is 40.6 Å². The molecule has 1 aliphatic rings.